The molecule has 4 heteroatoms. The van der Waals surface area contributed by atoms with Crippen molar-refractivity contribution < 1.29 is 9.13 Å². The Bertz CT molecular complexity index is 421. The molecule has 1 aliphatic carbocycles. The van der Waals surface area contributed by atoms with Crippen molar-refractivity contribution >= 4 is 11.6 Å². The number of hydrogen-bond donors (Lipinski definition) is 1. The monoisotopic (exact) mass is 271 g/mol. The van der Waals surface area contributed by atoms with Gasteiger partial charge in [-0.1, -0.05) is 18.5 Å². The molecule has 2 nitrogen and oxygen atoms in total. The summed E-state index contributed by atoms with van der Waals surface area (Å²) in [7, 11) is 0. The predicted molar refractivity (Wildman–Crippen MR) is 71.6 cm³/mol. The first-order valence-corrected chi connectivity index (χ1v) is 6.84. The van der Waals surface area contributed by atoms with Crippen LogP contribution in [-0.4, -0.2) is 12.6 Å². The van der Waals surface area contributed by atoms with Gasteiger partial charge in [0.2, 0.25) is 0 Å². The van der Waals surface area contributed by atoms with E-state index in [4.69, 9.17) is 22.1 Å². The van der Waals surface area contributed by atoms with Gasteiger partial charge in [-0.15, -0.1) is 0 Å². The van der Waals surface area contributed by atoms with Gasteiger partial charge in [-0.25, -0.2) is 4.39 Å². The zero-order valence-electron chi connectivity index (χ0n) is 10.6. The van der Waals surface area contributed by atoms with Crippen molar-refractivity contribution in [2.75, 3.05) is 6.61 Å². The highest BCUT2D eigenvalue weighted by atomic mass is 35.5. The smallest absolute Gasteiger partial charge is 0.140 e. The maximum atomic E-state index is 13.9. The largest absolute Gasteiger partial charge is 0.492 e. The van der Waals surface area contributed by atoms with Crippen LogP contribution in [0.15, 0.2) is 12.1 Å². The molecule has 1 atom stereocenters. The van der Waals surface area contributed by atoms with E-state index in [-0.39, 0.29) is 11.9 Å². The zero-order chi connectivity index (χ0) is 13.1. The molecule has 0 amide bonds. The number of hydrogen-bond acceptors (Lipinski definition) is 2. The Balaban J connectivity index is 2.06. The van der Waals surface area contributed by atoms with Gasteiger partial charge in [-0.3, -0.25) is 0 Å². The van der Waals surface area contributed by atoms with E-state index in [0.29, 0.717) is 35.3 Å². The molecule has 1 aromatic carbocycles. The van der Waals surface area contributed by atoms with E-state index in [1.54, 1.807) is 6.07 Å². The lowest BCUT2D eigenvalue weighted by atomic mass is 10.0. The van der Waals surface area contributed by atoms with Crippen LogP contribution in [0.25, 0.3) is 0 Å². The van der Waals surface area contributed by atoms with Gasteiger partial charge in [-0.2, -0.15) is 0 Å². The van der Waals surface area contributed by atoms with Crippen LogP contribution in [0.4, 0.5) is 4.39 Å². The molecule has 2 rings (SSSR count). The maximum Gasteiger partial charge on any atom is 0.140 e. The van der Waals surface area contributed by atoms with Gasteiger partial charge in [0, 0.05) is 12.1 Å². The average molecular weight is 272 g/mol. The molecule has 1 unspecified atom stereocenters. The second-order valence-corrected chi connectivity index (χ2v) is 5.41. The average Bonchev–Trinajstić information content (AvgIpc) is 3.15. The first kappa shape index (κ1) is 13.6. The fourth-order valence-corrected chi connectivity index (χ4v) is 2.00. The minimum atomic E-state index is -0.283. The molecule has 1 saturated carbocycles. The second kappa shape index (κ2) is 5.89. The van der Waals surface area contributed by atoms with E-state index < -0.39 is 0 Å². The fraction of sp³-hybridized carbons (Fsp3) is 0.571. The molecule has 2 N–H and O–H groups in total. The molecule has 0 bridgehead atoms. The lowest BCUT2D eigenvalue weighted by molar-refractivity contribution is 0.298. The second-order valence-electron chi connectivity index (χ2n) is 5.00. The number of halogens is 2. The molecular formula is C14H19ClFNO. The maximum absolute atomic E-state index is 13.9. The molecule has 0 saturated heterocycles. The van der Waals surface area contributed by atoms with Gasteiger partial charge in [0.15, 0.2) is 0 Å². The summed E-state index contributed by atoms with van der Waals surface area (Å²) in [6, 6.07) is 2.98. The summed E-state index contributed by atoms with van der Waals surface area (Å²) in [5.74, 6) is 0.779. The van der Waals surface area contributed by atoms with Crippen LogP contribution in [0, 0.1) is 11.7 Å². The highest BCUT2D eigenvalue weighted by Gasteiger charge is 2.22. The number of benzene rings is 1. The van der Waals surface area contributed by atoms with Gasteiger partial charge in [0.05, 0.1) is 11.6 Å². The first-order chi connectivity index (χ1) is 8.60. The molecule has 0 aliphatic heterocycles. The lowest BCUT2D eigenvalue weighted by Gasteiger charge is -2.13. The summed E-state index contributed by atoms with van der Waals surface area (Å²) in [5.41, 5.74) is 6.39. The molecule has 18 heavy (non-hydrogen) atoms. The van der Waals surface area contributed by atoms with Gasteiger partial charge >= 0.3 is 0 Å². The summed E-state index contributed by atoms with van der Waals surface area (Å²) < 4.78 is 19.4. The quantitative estimate of drug-likeness (QED) is 0.859. The molecular weight excluding hydrogens is 253 g/mol. The third-order valence-electron chi connectivity index (χ3n) is 3.28. The number of rotatable bonds is 6. The molecule has 1 fully saturated rings. The predicted octanol–water partition coefficient (Wildman–Crippen LogP) is 3.55. The van der Waals surface area contributed by atoms with Crippen LogP contribution < -0.4 is 10.5 Å². The molecule has 100 valence electrons. The van der Waals surface area contributed by atoms with Crippen LogP contribution in [0.2, 0.25) is 5.02 Å². The molecule has 1 aromatic rings. The Hall–Kier alpha value is -0.800. The summed E-state index contributed by atoms with van der Waals surface area (Å²) in [6.45, 7) is 2.62. The van der Waals surface area contributed by atoms with E-state index in [0.717, 1.165) is 6.42 Å². The lowest BCUT2D eigenvalue weighted by Crippen LogP contribution is -2.22. The van der Waals surface area contributed by atoms with Crippen molar-refractivity contribution in [1.82, 2.24) is 0 Å². The molecule has 0 heterocycles. The van der Waals surface area contributed by atoms with Crippen LogP contribution in [-0.2, 0) is 6.42 Å². The van der Waals surface area contributed by atoms with Gasteiger partial charge in [0.25, 0.3) is 0 Å². The summed E-state index contributed by atoms with van der Waals surface area (Å²) in [4.78, 5) is 0. The van der Waals surface area contributed by atoms with Crippen molar-refractivity contribution in [2.24, 2.45) is 11.7 Å². The molecule has 0 aromatic heterocycles. The van der Waals surface area contributed by atoms with E-state index in [1.807, 2.05) is 6.92 Å². The number of ether oxygens (including phenoxy) is 1. The van der Waals surface area contributed by atoms with Gasteiger partial charge in [-0.05, 0) is 43.2 Å². The van der Waals surface area contributed by atoms with Crippen molar-refractivity contribution in [3.05, 3.63) is 28.5 Å². The molecule has 0 spiro atoms. The topological polar surface area (TPSA) is 35.2 Å². The Kier molecular flexibility index (Phi) is 4.46. The van der Waals surface area contributed by atoms with Crippen LogP contribution in [0.1, 0.15) is 31.7 Å². The number of nitrogens with two attached hydrogens (primary N) is 1. The third-order valence-corrected chi connectivity index (χ3v) is 3.57. The minimum Gasteiger partial charge on any atom is -0.492 e. The minimum absolute atomic E-state index is 0.0335. The summed E-state index contributed by atoms with van der Waals surface area (Å²) in [5, 5.41) is 0.468. The van der Waals surface area contributed by atoms with Crippen molar-refractivity contribution in [2.45, 2.75) is 38.6 Å². The van der Waals surface area contributed by atoms with Crippen LogP contribution in [0.5, 0.6) is 5.75 Å². The van der Waals surface area contributed by atoms with Crippen LogP contribution in [0.3, 0.4) is 0 Å². The highest BCUT2D eigenvalue weighted by molar-refractivity contribution is 6.32. The van der Waals surface area contributed by atoms with E-state index in [1.165, 1.54) is 18.9 Å². The first-order valence-electron chi connectivity index (χ1n) is 6.46. The van der Waals surface area contributed by atoms with Gasteiger partial charge in [0.1, 0.15) is 11.6 Å². The Labute approximate surface area is 112 Å². The fourth-order valence-electron chi connectivity index (χ4n) is 1.76. The summed E-state index contributed by atoms with van der Waals surface area (Å²) >= 11 is 6.10. The Morgan fingerprint density at radius 3 is 2.83 bits per heavy atom. The van der Waals surface area contributed by atoms with Gasteiger partial charge < -0.3 is 10.5 Å². The van der Waals surface area contributed by atoms with E-state index in [2.05, 4.69) is 0 Å². The highest BCUT2D eigenvalue weighted by Crippen LogP contribution is 2.33. The normalized spacial score (nSPS) is 16.7. The van der Waals surface area contributed by atoms with Crippen LogP contribution >= 0.6 is 11.6 Å². The third kappa shape index (κ3) is 3.59. The van der Waals surface area contributed by atoms with E-state index in [9.17, 15) is 4.39 Å². The molecule has 1 aliphatic rings. The Morgan fingerprint density at radius 1 is 1.50 bits per heavy atom. The van der Waals surface area contributed by atoms with Crippen molar-refractivity contribution in [3.8, 4) is 5.75 Å². The van der Waals surface area contributed by atoms with Crippen molar-refractivity contribution in [3.63, 3.8) is 0 Å². The summed E-state index contributed by atoms with van der Waals surface area (Å²) in [6.07, 6.45) is 3.72. The standard InChI is InChI=1S/C14H19ClFNO/c1-2-11(17)5-10-6-12(15)14(7-13(10)16)18-8-9-3-4-9/h6-7,9,11H,2-5,8,17H2,1H3. The Morgan fingerprint density at radius 2 is 2.22 bits per heavy atom. The zero-order valence-corrected chi connectivity index (χ0v) is 11.3. The van der Waals surface area contributed by atoms with Crippen molar-refractivity contribution in [1.29, 1.82) is 0 Å². The molecule has 0 radical (unpaired) electrons. The van der Waals surface area contributed by atoms with E-state index >= 15 is 0 Å². The SMILES string of the molecule is CCC(N)Cc1cc(Cl)c(OCC2CC2)cc1F.